The molecule has 7 heteroatoms. The first-order valence-corrected chi connectivity index (χ1v) is 11.3. The number of benzene rings is 1. The maximum Gasteiger partial charge on any atom is 0.417 e. The van der Waals surface area contributed by atoms with Gasteiger partial charge < -0.3 is 9.16 Å². The van der Waals surface area contributed by atoms with Gasteiger partial charge in [0, 0.05) is 6.20 Å². The van der Waals surface area contributed by atoms with E-state index >= 15 is 0 Å². The van der Waals surface area contributed by atoms with Crippen molar-refractivity contribution in [3.8, 4) is 5.75 Å². The first-order valence-electron chi connectivity index (χ1n) is 8.41. The average Bonchev–Trinajstić information content (AvgIpc) is 2.54. The number of carbonyl (C=O) groups is 1. The number of nitrogens with zero attached hydrogens (tertiary/aromatic N) is 1. The molecular weight excluding hydrogens is 351 g/mol. The zero-order valence-electron chi connectivity index (χ0n) is 15.8. The maximum atomic E-state index is 14.2. The number of hydrogen-bond donors (Lipinski definition) is 1. The van der Waals surface area contributed by atoms with Gasteiger partial charge in [0.05, 0.1) is 17.9 Å². The van der Waals surface area contributed by atoms with E-state index in [2.05, 4.69) is 44.2 Å². The number of rotatable bonds is 5. The van der Waals surface area contributed by atoms with Crippen LogP contribution in [-0.4, -0.2) is 19.4 Å². The van der Waals surface area contributed by atoms with Crippen LogP contribution >= 0.6 is 0 Å². The highest BCUT2D eigenvalue weighted by Gasteiger charge is 2.37. The Morgan fingerprint density at radius 1 is 1.19 bits per heavy atom. The molecule has 0 atom stereocenters. The third-order valence-corrected chi connectivity index (χ3v) is 9.06. The summed E-state index contributed by atoms with van der Waals surface area (Å²) in [6.45, 7) is 10.5. The Hall–Kier alpha value is -2.25. The van der Waals surface area contributed by atoms with Crippen LogP contribution in [0.15, 0.2) is 42.6 Å². The summed E-state index contributed by atoms with van der Waals surface area (Å²) in [7, 11) is -2.07. The van der Waals surface area contributed by atoms with E-state index in [1.54, 1.807) is 24.3 Å². The molecular formula is C19H25FN2O3Si. The van der Waals surface area contributed by atoms with Crippen molar-refractivity contribution in [2.24, 2.45) is 0 Å². The Bertz CT molecular complexity index is 761. The minimum atomic E-state index is -2.07. The van der Waals surface area contributed by atoms with Crippen LogP contribution < -0.4 is 10.1 Å². The number of hydrogen-bond acceptors (Lipinski definition) is 4. The van der Waals surface area contributed by atoms with Crippen molar-refractivity contribution in [1.29, 1.82) is 0 Å². The lowest BCUT2D eigenvalue weighted by Crippen LogP contribution is -2.40. The van der Waals surface area contributed by atoms with E-state index in [1.807, 2.05) is 6.07 Å². The van der Waals surface area contributed by atoms with E-state index in [-0.39, 0.29) is 22.9 Å². The van der Waals surface area contributed by atoms with Gasteiger partial charge >= 0.3 is 6.09 Å². The van der Waals surface area contributed by atoms with E-state index in [1.165, 1.54) is 12.3 Å². The zero-order chi connectivity index (χ0) is 19.4. The van der Waals surface area contributed by atoms with Crippen LogP contribution in [0.25, 0.3) is 0 Å². The minimum absolute atomic E-state index is 0.00842. The number of halogens is 1. The maximum absolute atomic E-state index is 14.2. The van der Waals surface area contributed by atoms with Crippen molar-refractivity contribution in [2.45, 2.75) is 45.5 Å². The van der Waals surface area contributed by atoms with Gasteiger partial charge in [-0.05, 0) is 36.3 Å². The predicted octanol–water partition coefficient (Wildman–Crippen LogP) is 5.35. The molecule has 1 N–H and O–H groups in total. The topological polar surface area (TPSA) is 60.5 Å². The van der Waals surface area contributed by atoms with Crippen LogP contribution in [0.5, 0.6) is 5.75 Å². The van der Waals surface area contributed by atoms with Gasteiger partial charge in [-0.15, -0.1) is 0 Å². The summed E-state index contributed by atoms with van der Waals surface area (Å²) in [5.74, 6) is -0.264. The molecule has 1 aromatic carbocycles. The Morgan fingerprint density at radius 2 is 1.85 bits per heavy atom. The number of amides is 1. The number of ether oxygens (including phenoxy) is 1. The van der Waals surface area contributed by atoms with E-state index in [4.69, 9.17) is 9.16 Å². The summed E-state index contributed by atoms with van der Waals surface area (Å²) in [5.41, 5.74) is 0.500. The van der Waals surface area contributed by atoms with Crippen LogP contribution in [0.3, 0.4) is 0 Å². The van der Waals surface area contributed by atoms with Crippen molar-refractivity contribution in [1.82, 2.24) is 4.98 Å². The molecule has 0 radical (unpaired) electrons. The molecule has 0 aliphatic heterocycles. The highest BCUT2D eigenvalue weighted by Crippen LogP contribution is 2.37. The van der Waals surface area contributed by atoms with Gasteiger partial charge in [0.25, 0.3) is 0 Å². The molecule has 2 aromatic rings. The molecule has 0 unspecified atom stereocenters. The standard InChI is InChI=1S/C19H25FN2O3Si/c1-19(2,3)26(4,5)24-13-15-16(11-12-21-17(15)20)22-18(23)25-14-9-7-6-8-10-14/h6-12H,13H2,1-5H3,(H,21,22,23). The summed E-state index contributed by atoms with van der Waals surface area (Å²) >= 11 is 0. The van der Waals surface area contributed by atoms with Gasteiger partial charge in [-0.25, -0.2) is 9.78 Å². The lowest BCUT2D eigenvalue weighted by atomic mass is 10.2. The molecule has 26 heavy (non-hydrogen) atoms. The zero-order valence-corrected chi connectivity index (χ0v) is 16.8. The Kier molecular flexibility index (Phi) is 6.15. The molecule has 0 aliphatic rings. The summed E-state index contributed by atoms with van der Waals surface area (Å²) in [6.07, 6.45) is 0.596. The van der Waals surface area contributed by atoms with Crippen molar-refractivity contribution in [3.63, 3.8) is 0 Å². The first kappa shape index (κ1) is 20.1. The normalized spacial score (nSPS) is 11.9. The minimum Gasteiger partial charge on any atom is -0.412 e. The molecule has 1 heterocycles. The number of carbonyl (C=O) groups excluding carboxylic acids is 1. The molecule has 5 nitrogen and oxygen atoms in total. The van der Waals surface area contributed by atoms with E-state index in [9.17, 15) is 9.18 Å². The van der Waals surface area contributed by atoms with E-state index in [0.29, 0.717) is 5.75 Å². The second kappa shape index (κ2) is 7.97. The molecule has 0 aliphatic carbocycles. The molecule has 1 aromatic heterocycles. The van der Waals surface area contributed by atoms with Crippen molar-refractivity contribution < 1.29 is 18.3 Å². The molecule has 1 amide bonds. The second-order valence-corrected chi connectivity index (χ2v) is 12.3. The molecule has 0 bridgehead atoms. The number of aromatic nitrogens is 1. The first-order chi connectivity index (χ1) is 12.1. The van der Waals surface area contributed by atoms with Gasteiger partial charge in [-0.1, -0.05) is 39.0 Å². The fourth-order valence-electron chi connectivity index (χ4n) is 1.92. The van der Waals surface area contributed by atoms with E-state index in [0.717, 1.165) is 0 Å². The van der Waals surface area contributed by atoms with E-state index < -0.39 is 20.4 Å². The summed E-state index contributed by atoms with van der Waals surface area (Å²) in [6, 6.07) is 10.2. The molecule has 0 fully saturated rings. The molecule has 2 rings (SSSR count). The van der Waals surface area contributed by atoms with Gasteiger partial charge in [-0.2, -0.15) is 4.39 Å². The van der Waals surface area contributed by atoms with Gasteiger partial charge in [-0.3, -0.25) is 5.32 Å². The van der Waals surface area contributed by atoms with Crippen molar-refractivity contribution in [3.05, 3.63) is 54.1 Å². The lowest BCUT2D eigenvalue weighted by molar-refractivity contribution is 0.215. The molecule has 0 saturated heterocycles. The monoisotopic (exact) mass is 376 g/mol. The summed E-state index contributed by atoms with van der Waals surface area (Å²) < 4.78 is 25.5. The number of anilines is 1. The van der Waals surface area contributed by atoms with Crippen LogP contribution in [0.2, 0.25) is 18.1 Å². The number of pyridine rings is 1. The Morgan fingerprint density at radius 3 is 2.46 bits per heavy atom. The lowest BCUT2D eigenvalue weighted by Gasteiger charge is -2.36. The van der Waals surface area contributed by atoms with Gasteiger partial charge in [0.15, 0.2) is 8.32 Å². The highest BCUT2D eigenvalue weighted by molar-refractivity contribution is 6.74. The molecule has 0 spiro atoms. The van der Waals surface area contributed by atoms with Crippen LogP contribution in [0.1, 0.15) is 26.3 Å². The third kappa shape index (κ3) is 5.12. The summed E-state index contributed by atoms with van der Waals surface area (Å²) in [4.78, 5) is 15.8. The molecule has 0 saturated carbocycles. The number of nitrogens with one attached hydrogen (secondary N) is 1. The fourth-order valence-corrected chi connectivity index (χ4v) is 2.86. The molecule has 140 valence electrons. The van der Waals surface area contributed by atoms with Crippen LogP contribution in [0.4, 0.5) is 14.9 Å². The van der Waals surface area contributed by atoms with Crippen molar-refractivity contribution in [2.75, 3.05) is 5.32 Å². The van der Waals surface area contributed by atoms with Gasteiger partial charge in [0.2, 0.25) is 5.95 Å². The highest BCUT2D eigenvalue weighted by atomic mass is 28.4. The fraction of sp³-hybridized carbons (Fsp3) is 0.368. The second-order valence-electron chi connectivity index (χ2n) is 7.50. The largest absolute Gasteiger partial charge is 0.417 e. The Labute approximate surface area is 154 Å². The number of para-hydroxylation sites is 1. The predicted molar refractivity (Wildman–Crippen MR) is 102 cm³/mol. The smallest absolute Gasteiger partial charge is 0.412 e. The summed E-state index contributed by atoms with van der Waals surface area (Å²) in [5, 5.41) is 2.56. The van der Waals surface area contributed by atoms with Crippen LogP contribution in [-0.2, 0) is 11.0 Å². The third-order valence-electron chi connectivity index (χ3n) is 4.58. The Balaban J connectivity index is 2.12. The van der Waals surface area contributed by atoms with Crippen molar-refractivity contribution >= 4 is 20.1 Å². The van der Waals surface area contributed by atoms with Crippen LogP contribution in [0, 0.1) is 5.95 Å². The quantitative estimate of drug-likeness (QED) is 0.564. The SMILES string of the molecule is CC(C)(C)[Si](C)(C)OCc1c(NC(=O)Oc2ccccc2)ccnc1F. The average molecular weight is 377 g/mol. The van der Waals surface area contributed by atoms with Gasteiger partial charge in [0.1, 0.15) is 5.75 Å².